The van der Waals surface area contributed by atoms with Crippen LogP contribution in [0.5, 0.6) is 5.75 Å². The monoisotopic (exact) mass is 830 g/mol. The average molecular weight is 831 g/mol. The summed E-state index contributed by atoms with van der Waals surface area (Å²) in [5, 5.41) is 39.0. The smallest absolute Gasteiger partial charge is 0.246 e. The number of benzene rings is 3. The van der Waals surface area contributed by atoms with Crippen LogP contribution in [0.1, 0.15) is 64.3 Å². The molecule has 14 heteroatoms. The van der Waals surface area contributed by atoms with Crippen molar-refractivity contribution in [1.29, 1.82) is 0 Å². The van der Waals surface area contributed by atoms with Crippen LogP contribution in [0.2, 0.25) is 0 Å². The van der Waals surface area contributed by atoms with Gasteiger partial charge in [0.2, 0.25) is 17.7 Å². The molecular formula is C46H54N8O5S. The van der Waals surface area contributed by atoms with Gasteiger partial charge in [0, 0.05) is 48.9 Å². The number of hydrogen-bond acceptors (Lipinski definition) is 11. The summed E-state index contributed by atoms with van der Waals surface area (Å²) >= 11 is 1.58. The average Bonchev–Trinajstić information content (AvgIpc) is 3.85. The maximum absolute atomic E-state index is 14.2. The molecule has 60 heavy (non-hydrogen) atoms. The lowest BCUT2D eigenvalue weighted by Gasteiger charge is -2.36. The van der Waals surface area contributed by atoms with Gasteiger partial charge in [-0.05, 0) is 79.1 Å². The number of aliphatic hydroxyl groups excluding tert-OH is 1. The lowest BCUT2D eigenvalue weighted by Crippen LogP contribution is -2.59. The van der Waals surface area contributed by atoms with Crippen LogP contribution in [0.3, 0.4) is 0 Å². The summed E-state index contributed by atoms with van der Waals surface area (Å²) in [5.74, 6) is -0.823. The summed E-state index contributed by atoms with van der Waals surface area (Å²) in [6.45, 7) is 11.1. The first-order valence-electron chi connectivity index (χ1n) is 20.5. The highest BCUT2D eigenvalue weighted by atomic mass is 32.1. The van der Waals surface area contributed by atoms with Crippen molar-refractivity contribution in [3.63, 3.8) is 0 Å². The molecule has 2 aliphatic rings. The Morgan fingerprint density at radius 3 is 2.30 bits per heavy atom. The number of thiazole rings is 1. The molecule has 3 aromatic carbocycles. The van der Waals surface area contributed by atoms with Gasteiger partial charge in [0.25, 0.3) is 0 Å². The van der Waals surface area contributed by atoms with Gasteiger partial charge in [-0.1, -0.05) is 69.3 Å². The quantitative estimate of drug-likeness (QED) is 0.0976. The van der Waals surface area contributed by atoms with E-state index in [1.807, 2.05) is 107 Å². The topological polar surface area (TPSA) is 173 Å². The molecular weight excluding hydrogens is 777 g/mol. The molecule has 5 N–H and O–H groups in total. The minimum Gasteiger partial charge on any atom is -0.507 e. The van der Waals surface area contributed by atoms with E-state index in [9.17, 15) is 24.6 Å². The number of para-hydroxylation sites is 1. The number of aryl methyl sites for hydroxylation is 1. The highest BCUT2D eigenvalue weighted by molar-refractivity contribution is 7.13. The third kappa shape index (κ3) is 10.0. The minimum atomic E-state index is -0.895. The number of nitrogens with zero attached hydrogens (tertiary/aromatic N) is 5. The van der Waals surface area contributed by atoms with E-state index in [4.69, 9.17) is 0 Å². The Bertz CT molecular complexity index is 2280. The third-order valence-electron chi connectivity index (χ3n) is 11.4. The Morgan fingerprint density at radius 1 is 0.933 bits per heavy atom. The predicted octanol–water partition coefficient (Wildman–Crippen LogP) is 6.19. The van der Waals surface area contributed by atoms with Crippen LogP contribution in [0.4, 0.5) is 5.69 Å². The molecule has 0 saturated carbocycles. The molecule has 1 unspecified atom stereocenters. The van der Waals surface area contributed by atoms with E-state index in [2.05, 4.69) is 36.0 Å². The van der Waals surface area contributed by atoms with E-state index in [0.717, 1.165) is 51.4 Å². The Hall–Kier alpha value is -5.70. The number of likely N-dealkylation sites (tertiary alicyclic amines) is 2. The van der Waals surface area contributed by atoms with Crippen molar-refractivity contribution in [3.8, 4) is 38.6 Å². The van der Waals surface area contributed by atoms with Crippen molar-refractivity contribution < 1.29 is 24.6 Å². The number of piperidine rings is 1. The molecule has 0 aliphatic carbocycles. The molecule has 4 atom stereocenters. The maximum Gasteiger partial charge on any atom is 0.246 e. The van der Waals surface area contributed by atoms with E-state index in [1.165, 1.54) is 4.90 Å². The summed E-state index contributed by atoms with van der Waals surface area (Å²) in [5.41, 5.74) is 8.22. The second-order valence-electron chi connectivity index (χ2n) is 17.0. The molecule has 7 rings (SSSR count). The molecule has 2 fully saturated rings. The molecule has 0 radical (unpaired) electrons. The number of aromatic hydroxyl groups is 1. The summed E-state index contributed by atoms with van der Waals surface area (Å²) in [7, 11) is 0. The first kappa shape index (κ1) is 42.4. The summed E-state index contributed by atoms with van der Waals surface area (Å²) in [6.07, 6.45) is 2.65. The van der Waals surface area contributed by atoms with E-state index >= 15 is 0 Å². The van der Waals surface area contributed by atoms with Crippen LogP contribution in [0.15, 0.2) is 90.6 Å². The maximum atomic E-state index is 14.2. The lowest BCUT2D eigenvalue weighted by atomic mass is 9.85. The largest absolute Gasteiger partial charge is 0.507 e. The van der Waals surface area contributed by atoms with Crippen molar-refractivity contribution in [2.75, 3.05) is 31.5 Å². The number of β-amino-alcohol motifs (C(OH)–C–C–N with tert-alkyl or cyclic N) is 1. The fourth-order valence-electron chi connectivity index (χ4n) is 8.00. The Kier molecular flexibility index (Phi) is 12.9. The van der Waals surface area contributed by atoms with Gasteiger partial charge < -0.3 is 31.1 Å². The standard InChI is InChI=1S/C46H54N8O5S/c1-28(30-10-12-32(13-11-30)42-29(2)47-27-60-42)49-44(58)39-23-36(55)25-54(39)45(59)43(46(3,4)5)51-41(57)26-53-20-18-35(19-21-53)50-34-16-14-31(15-17-34)33-22-38(52-48-24-33)37-8-6-7-9-40(37)56/h6-17,22,24,27-28,35-36,39,43,50,55-56H,18-21,23,25-26H2,1-5H3,(H,49,58)(H,51,57)/t28-,36+,39-,43?/m0/s1. The van der Waals surface area contributed by atoms with Crippen molar-refractivity contribution in [1.82, 2.24) is 35.6 Å². The predicted molar refractivity (Wildman–Crippen MR) is 234 cm³/mol. The van der Waals surface area contributed by atoms with Gasteiger partial charge in [0.05, 0.1) is 46.7 Å². The number of aliphatic hydroxyl groups is 1. The zero-order valence-electron chi connectivity index (χ0n) is 34.8. The van der Waals surface area contributed by atoms with Crippen LogP contribution in [0.25, 0.3) is 32.8 Å². The number of phenols is 1. The van der Waals surface area contributed by atoms with E-state index < -0.39 is 23.6 Å². The fraction of sp³-hybridized carbons (Fsp3) is 0.391. The van der Waals surface area contributed by atoms with Crippen molar-refractivity contribution in [2.45, 2.75) is 84.2 Å². The van der Waals surface area contributed by atoms with Crippen molar-refractivity contribution in [3.05, 3.63) is 102 Å². The second-order valence-corrected chi connectivity index (χ2v) is 17.9. The van der Waals surface area contributed by atoms with Gasteiger partial charge >= 0.3 is 0 Å². The minimum absolute atomic E-state index is 0.0153. The first-order valence-corrected chi connectivity index (χ1v) is 21.4. The summed E-state index contributed by atoms with van der Waals surface area (Å²) in [6, 6.07) is 23.2. The highest BCUT2D eigenvalue weighted by Crippen LogP contribution is 2.32. The Morgan fingerprint density at radius 2 is 1.63 bits per heavy atom. The number of carbonyl (C=O) groups is 3. The molecule has 314 valence electrons. The normalized spacial score (nSPS) is 18.5. The second kappa shape index (κ2) is 18.3. The molecule has 4 heterocycles. The van der Waals surface area contributed by atoms with Gasteiger partial charge in [-0.3, -0.25) is 19.3 Å². The molecule has 5 aromatic rings. The highest BCUT2D eigenvalue weighted by Gasteiger charge is 2.45. The van der Waals surface area contributed by atoms with Crippen LogP contribution in [0, 0.1) is 12.3 Å². The number of hydrogen-bond donors (Lipinski definition) is 5. The Labute approximate surface area is 355 Å². The van der Waals surface area contributed by atoms with Crippen LogP contribution >= 0.6 is 11.3 Å². The van der Waals surface area contributed by atoms with Crippen LogP contribution in [-0.2, 0) is 14.4 Å². The number of anilines is 1. The molecule has 3 amide bonds. The number of aromatic nitrogens is 3. The third-order valence-corrected chi connectivity index (χ3v) is 12.4. The van der Waals surface area contributed by atoms with Gasteiger partial charge in [0.1, 0.15) is 17.8 Å². The number of rotatable bonds is 12. The van der Waals surface area contributed by atoms with Crippen LogP contribution < -0.4 is 16.0 Å². The fourth-order valence-corrected chi connectivity index (χ4v) is 8.81. The molecule has 13 nitrogen and oxygen atoms in total. The zero-order chi connectivity index (χ0) is 42.6. The SMILES string of the molecule is Cc1ncsc1-c1ccc([C@H](C)NC(=O)[C@@H]2C[C@@H](O)CN2C(=O)C(NC(=O)CN2CCC(Nc3ccc(-c4cnnc(-c5ccccc5O)c4)cc3)CC2)C(C)(C)C)cc1. The number of nitrogens with one attached hydrogen (secondary N) is 3. The lowest BCUT2D eigenvalue weighted by molar-refractivity contribution is -0.144. The van der Waals surface area contributed by atoms with Gasteiger partial charge in [-0.25, -0.2) is 4.98 Å². The van der Waals surface area contributed by atoms with Crippen molar-refractivity contribution >= 4 is 34.7 Å². The van der Waals surface area contributed by atoms with E-state index in [1.54, 1.807) is 29.7 Å². The van der Waals surface area contributed by atoms with E-state index in [-0.39, 0.29) is 55.1 Å². The van der Waals surface area contributed by atoms with Gasteiger partial charge in [0.15, 0.2) is 0 Å². The van der Waals surface area contributed by atoms with E-state index in [0.29, 0.717) is 24.3 Å². The zero-order valence-corrected chi connectivity index (χ0v) is 35.6. The van der Waals surface area contributed by atoms with Crippen LogP contribution in [-0.4, -0.2) is 103 Å². The van der Waals surface area contributed by atoms with Gasteiger partial charge in [-0.2, -0.15) is 10.2 Å². The molecule has 2 saturated heterocycles. The number of amides is 3. The molecule has 0 bridgehead atoms. The summed E-state index contributed by atoms with van der Waals surface area (Å²) in [4.78, 5) is 50.4. The number of phenolic OH excluding ortho intramolecular Hbond substituents is 1. The first-order chi connectivity index (χ1) is 28.7. The van der Waals surface area contributed by atoms with Gasteiger partial charge in [-0.15, -0.1) is 11.3 Å². The Balaban J connectivity index is 0.902. The summed E-state index contributed by atoms with van der Waals surface area (Å²) < 4.78 is 0. The molecule has 2 aliphatic heterocycles. The molecule has 0 spiro atoms. The molecule has 2 aromatic heterocycles. The van der Waals surface area contributed by atoms with Crippen molar-refractivity contribution in [2.24, 2.45) is 5.41 Å². The number of carbonyl (C=O) groups excluding carboxylic acids is 3.